The van der Waals surface area contributed by atoms with Crippen LogP contribution in [-0.4, -0.2) is 82.7 Å². The fraction of sp³-hybridized carbons (Fsp3) is 0.606. The maximum atomic E-state index is 14.8. The zero-order valence-corrected chi connectivity index (χ0v) is 25.2. The minimum Gasteiger partial charge on any atom is -0.396 e. The van der Waals surface area contributed by atoms with Crippen LogP contribution in [0.4, 0.5) is 5.69 Å². The quantitative estimate of drug-likeness (QED) is 0.270. The number of anilines is 1. The van der Waals surface area contributed by atoms with Crippen LogP contribution in [0.1, 0.15) is 63.5 Å². The van der Waals surface area contributed by atoms with Crippen molar-refractivity contribution in [3.8, 4) is 0 Å². The number of carbonyl (C=O) groups is 3. The number of benzene rings is 1. The van der Waals surface area contributed by atoms with Crippen molar-refractivity contribution < 1.29 is 24.2 Å². The Kier molecular flexibility index (Phi) is 9.44. The Bertz CT molecular complexity index is 1180. The van der Waals surface area contributed by atoms with Gasteiger partial charge < -0.3 is 24.5 Å². The molecule has 8 nitrogen and oxygen atoms in total. The van der Waals surface area contributed by atoms with E-state index in [0.717, 1.165) is 23.2 Å². The fourth-order valence-corrected chi connectivity index (χ4v) is 7.52. The van der Waals surface area contributed by atoms with Gasteiger partial charge in [-0.05, 0) is 69.6 Å². The monoisotopic (exact) mass is 565 g/mol. The fourth-order valence-electron chi connectivity index (χ4n) is 7.52. The second-order valence-electron chi connectivity index (χ2n) is 11.9. The summed E-state index contributed by atoms with van der Waals surface area (Å²) in [7, 11) is 0. The maximum absolute atomic E-state index is 14.8. The van der Waals surface area contributed by atoms with Crippen LogP contribution in [0.5, 0.6) is 0 Å². The van der Waals surface area contributed by atoms with Gasteiger partial charge in [-0.15, -0.1) is 13.2 Å². The first-order valence-corrected chi connectivity index (χ1v) is 15.2. The van der Waals surface area contributed by atoms with Crippen molar-refractivity contribution in [3.05, 3.63) is 54.6 Å². The summed E-state index contributed by atoms with van der Waals surface area (Å²) in [4.78, 5) is 48.6. The molecule has 3 fully saturated rings. The molecule has 3 saturated heterocycles. The number of ether oxygens (including phenoxy) is 1. The molecule has 224 valence electrons. The number of unbranched alkanes of at least 4 members (excludes halogenated alkanes) is 1. The van der Waals surface area contributed by atoms with Crippen LogP contribution in [0.15, 0.2) is 43.5 Å². The average molecular weight is 566 g/mol. The summed E-state index contributed by atoms with van der Waals surface area (Å²) in [5.41, 5.74) is 0.876. The predicted molar refractivity (Wildman–Crippen MR) is 160 cm³/mol. The van der Waals surface area contributed by atoms with Crippen LogP contribution in [0, 0.1) is 25.7 Å². The molecule has 1 aromatic carbocycles. The van der Waals surface area contributed by atoms with Crippen LogP contribution >= 0.6 is 0 Å². The number of aliphatic hydroxyl groups is 1. The number of likely N-dealkylation sites (tertiary alicyclic amines) is 1. The van der Waals surface area contributed by atoms with Gasteiger partial charge in [0.25, 0.3) is 5.91 Å². The minimum absolute atomic E-state index is 0.00434. The number of nitrogens with zero attached hydrogens (tertiary/aromatic N) is 3. The van der Waals surface area contributed by atoms with Crippen molar-refractivity contribution in [1.82, 2.24) is 9.80 Å². The highest BCUT2D eigenvalue weighted by atomic mass is 16.5. The molecule has 8 heteroatoms. The zero-order chi connectivity index (χ0) is 29.9. The van der Waals surface area contributed by atoms with E-state index in [4.69, 9.17) is 4.74 Å². The summed E-state index contributed by atoms with van der Waals surface area (Å²) < 4.78 is 6.96. The van der Waals surface area contributed by atoms with Crippen molar-refractivity contribution in [2.45, 2.75) is 83.5 Å². The molecular formula is C33H47N3O5. The third kappa shape index (κ3) is 5.14. The van der Waals surface area contributed by atoms with Crippen LogP contribution < -0.4 is 4.90 Å². The highest BCUT2D eigenvalue weighted by Gasteiger charge is 2.79. The number of aryl methyl sites for hydroxylation is 2. The molecule has 3 amide bonds. The number of amides is 3. The van der Waals surface area contributed by atoms with Crippen molar-refractivity contribution in [2.24, 2.45) is 11.8 Å². The third-order valence-electron chi connectivity index (χ3n) is 9.38. The maximum Gasteiger partial charge on any atom is 0.253 e. The lowest BCUT2D eigenvalue weighted by Crippen LogP contribution is -2.56. The molecule has 3 aliphatic rings. The Morgan fingerprint density at radius 2 is 1.85 bits per heavy atom. The van der Waals surface area contributed by atoms with Crippen LogP contribution in [0.3, 0.4) is 0 Å². The lowest BCUT2D eigenvalue weighted by atomic mass is 9.64. The van der Waals surface area contributed by atoms with Crippen LogP contribution in [-0.2, 0) is 19.1 Å². The van der Waals surface area contributed by atoms with Gasteiger partial charge in [0, 0.05) is 38.5 Å². The van der Waals surface area contributed by atoms with Crippen molar-refractivity contribution >= 4 is 23.4 Å². The lowest BCUT2D eigenvalue weighted by Gasteiger charge is -2.37. The van der Waals surface area contributed by atoms with E-state index in [9.17, 15) is 19.5 Å². The predicted octanol–water partition coefficient (Wildman–Crippen LogP) is 4.17. The summed E-state index contributed by atoms with van der Waals surface area (Å²) >= 11 is 0. The Morgan fingerprint density at radius 3 is 2.49 bits per heavy atom. The second-order valence-corrected chi connectivity index (χ2v) is 11.9. The largest absolute Gasteiger partial charge is 0.396 e. The summed E-state index contributed by atoms with van der Waals surface area (Å²) in [5, 5.41) is 9.48. The zero-order valence-electron chi connectivity index (χ0n) is 25.2. The van der Waals surface area contributed by atoms with Gasteiger partial charge in [0.05, 0.1) is 17.4 Å². The molecule has 0 aromatic heterocycles. The lowest BCUT2D eigenvalue weighted by molar-refractivity contribution is -0.151. The molecule has 4 rings (SSSR count). The molecule has 2 bridgehead atoms. The van der Waals surface area contributed by atoms with Crippen LogP contribution in [0.2, 0.25) is 0 Å². The van der Waals surface area contributed by atoms with Gasteiger partial charge in [-0.2, -0.15) is 0 Å². The summed E-state index contributed by atoms with van der Waals surface area (Å²) in [6.07, 6.45) is 7.02. The first kappa shape index (κ1) is 31.0. The number of hydrogen-bond acceptors (Lipinski definition) is 5. The molecule has 0 saturated carbocycles. The third-order valence-corrected chi connectivity index (χ3v) is 9.38. The van der Waals surface area contributed by atoms with Gasteiger partial charge in [-0.25, -0.2) is 0 Å². The van der Waals surface area contributed by atoms with Gasteiger partial charge in [0.2, 0.25) is 11.8 Å². The Morgan fingerprint density at radius 1 is 1.12 bits per heavy atom. The van der Waals surface area contributed by atoms with Gasteiger partial charge in [-0.1, -0.05) is 38.1 Å². The van der Waals surface area contributed by atoms with E-state index in [0.29, 0.717) is 51.7 Å². The Balaban J connectivity index is 1.83. The van der Waals surface area contributed by atoms with E-state index in [1.165, 1.54) is 0 Å². The van der Waals surface area contributed by atoms with E-state index < -0.39 is 29.1 Å². The number of fused-ring (bicyclic) bond motifs is 1. The van der Waals surface area contributed by atoms with E-state index >= 15 is 0 Å². The molecule has 5 atom stereocenters. The highest BCUT2D eigenvalue weighted by Crippen LogP contribution is 2.64. The van der Waals surface area contributed by atoms with Crippen molar-refractivity contribution in [3.63, 3.8) is 0 Å². The molecule has 41 heavy (non-hydrogen) atoms. The topological polar surface area (TPSA) is 90.4 Å². The minimum atomic E-state index is -1.09. The summed E-state index contributed by atoms with van der Waals surface area (Å²) in [5.74, 6) is -1.89. The molecule has 2 unspecified atom stereocenters. The number of rotatable bonds is 14. The molecular weight excluding hydrogens is 518 g/mol. The van der Waals surface area contributed by atoms with Crippen molar-refractivity contribution in [1.29, 1.82) is 0 Å². The Hall–Kier alpha value is -2.97. The molecule has 3 aliphatic heterocycles. The second kappa shape index (κ2) is 12.5. The van der Waals surface area contributed by atoms with Crippen molar-refractivity contribution in [2.75, 3.05) is 37.7 Å². The molecule has 1 N–H and O–H groups in total. The van der Waals surface area contributed by atoms with Gasteiger partial charge in [0.15, 0.2) is 0 Å². The Labute approximate surface area is 245 Å². The SMILES string of the molecule is C=CCN(CCC)C(=O)[C@H]1[C@H]2C(=O)N(CCCCO)C(C(=O)N(CC=C)c3cc(C)ccc3C)C23CC[C@]1(CC)O3. The average Bonchev–Trinajstić information content (AvgIpc) is 3.56. The molecule has 1 aromatic rings. The molecule has 3 heterocycles. The van der Waals surface area contributed by atoms with E-state index in [2.05, 4.69) is 13.2 Å². The molecule has 1 spiro atoms. The number of aliphatic hydroxyl groups excluding tert-OH is 1. The summed E-state index contributed by atoms with van der Waals surface area (Å²) in [6, 6.07) is 5.12. The standard InChI is InChI=1S/C33H47N3O5/c1-7-17-34(18-8-2)29(38)26-27-30(39)36(20-11-12-21-37)28(33(27)16-15-32(26,10-4)41-33)31(40)35(19-9-3)25-22-23(5)13-14-24(25)6/h7,9,13-14,22,26-28,37H,1,3,8,10-12,15-21H2,2,4-6H3/t26-,27+,28?,32+,33?/m1/s1. The number of hydrogen-bond donors (Lipinski definition) is 1. The molecule has 0 radical (unpaired) electrons. The smallest absolute Gasteiger partial charge is 0.253 e. The summed E-state index contributed by atoms with van der Waals surface area (Å²) in [6.45, 7) is 17.3. The van der Waals surface area contributed by atoms with E-state index in [-0.39, 0.29) is 30.9 Å². The highest BCUT2D eigenvalue weighted by molar-refractivity contribution is 6.05. The normalized spacial score (nSPS) is 28.1. The van der Waals surface area contributed by atoms with Gasteiger partial charge in [-0.3, -0.25) is 14.4 Å². The van der Waals surface area contributed by atoms with Crippen LogP contribution in [0.25, 0.3) is 0 Å². The number of carbonyl (C=O) groups excluding carboxylic acids is 3. The van der Waals surface area contributed by atoms with E-state index in [1.54, 1.807) is 26.9 Å². The first-order chi connectivity index (χ1) is 19.7. The molecule has 0 aliphatic carbocycles. The van der Waals surface area contributed by atoms with Gasteiger partial charge >= 0.3 is 0 Å². The van der Waals surface area contributed by atoms with E-state index in [1.807, 2.05) is 45.9 Å². The first-order valence-electron chi connectivity index (χ1n) is 15.2. The van der Waals surface area contributed by atoms with Gasteiger partial charge in [0.1, 0.15) is 11.6 Å².